The van der Waals surface area contributed by atoms with Crippen LogP contribution >= 0.6 is 0 Å². The maximum Gasteiger partial charge on any atom is 0.142 e. The van der Waals surface area contributed by atoms with E-state index in [2.05, 4.69) is 12.2 Å². The topological polar surface area (TPSA) is 42.2 Å². The van der Waals surface area contributed by atoms with E-state index >= 15 is 0 Å². The monoisotopic (exact) mass is 193 g/mol. The number of carbonyl (C=O) groups is 1. The van der Waals surface area contributed by atoms with Crippen LogP contribution in [0, 0.1) is 11.8 Å². The van der Waals surface area contributed by atoms with Gasteiger partial charge in [0, 0.05) is 18.9 Å². The van der Waals surface area contributed by atoms with Gasteiger partial charge in [-0.2, -0.15) is 0 Å². The molecule has 2 heterocycles. The first kappa shape index (κ1) is 9.46. The molecule has 3 heteroatoms. The Balaban J connectivity index is 1.95. The Morgan fingerprint density at radius 1 is 1.64 bits per heavy atom. The maximum atomic E-state index is 11.8. The van der Waals surface area contributed by atoms with Gasteiger partial charge in [-0.15, -0.1) is 0 Å². The van der Waals surface area contributed by atoms with Crippen LogP contribution in [0.1, 0.15) is 12.5 Å². The highest BCUT2D eigenvalue weighted by atomic mass is 16.3. The van der Waals surface area contributed by atoms with E-state index in [4.69, 9.17) is 4.42 Å². The minimum absolute atomic E-state index is 0.185. The van der Waals surface area contributed by atoms with Crippen molar-refractivity contribution < 1.29 is 9.21 Å². The van der Waals surface area contributed by atoms with Crippen molar-refractivity contribution in [1.82, 2.24) is 5.32 Å². The number of ketones is 1. The second-order valence-corrected chi connectivity index (χ2v) is 4.02. The second-order valence-electron chi connectivity index (χ2n) is 4.02. The molecule has 0 bridgehead atoms. The van der Waals surface area contributed by atoms with Gasteiger partial charge in [0.05, 0.1) is 12.5 Å². The van der Waals surface area contributed by atoms with Crippen LogP contribution in [0.4, 0.5) is 0 Å². The number of hydrogen-bond acceptors (Lipinski definition) is 3. The van der Waals surface area contributed by atoms with Crippen LogP contribution in [0.2, 0.25) is 0 Å². The van der Waals surface area contributed by atoms with Crippen LogP contribution in [0.3, 0.4) is 0 Å². The molecule has 1 aromatic heterocycles. The van der Waals surface area contributed by atoms with E-state index in [-0.39, 0.29) is 5.92 Å². The molecule has 2 rings (SSSR count). The van der Waals surface area contributed by atoms with Crippen LogP contribution in [0.25, 0.3) is 0 Å². The molecule has 2 atom stereocenters. The minimum atomic E-state index is 0.185. The van der Waals surface area contributed by atoms with Gasteiger partial charge >= 0.3 is 0 Å². The fourth-order valence-electron chi connectivity index (χ4n) is 1.97. The maximum absolute atomic E-state index is 11.8. The van der Waals surface area contributed by atoms with Crippen molar-refractivity contribution in [3.8, 4) is 0 Å². The molecular formula is C11H15NO2. The van der Waals surface area contributed by atoms with Crippen LogP contribution in [0.15, 0.2) is 23.0 Å². The summed E-state index contributed by atoms with van der Waals surface area (Å²) >= 11 is 0. The lowest BCUT2D eigenvalue weighted by Gasteiger charge is -2.11. The SMILES string of the molecule is CC1CNCC1C(=O)Cc1ccoc1. The lowest BCUT2D eigenvalue weighted by Crippen LogP contribution is -2.22. The molecule has 2 unspecified atom stereocenters. The summed E-state index contributed by atoms with van der Waals surface area (Å²) in [6.07, 6.45) is 3.76. The van der Waals surface area contributed by atoms with Gasteiger partial charge in [0.15, 0.2) is 0 Å². The molecule has 3 nitrogen and oxygen atoms in total. The number of furan rings is 1. The normalized spacial score (nSPS) is 26.6. The van der Waals surface area contributed by atoms with Crippen molar-refractivity contribution in [2.75, 3.05) is 13.1 Å². The van der Waals surface area contributed by atoms with Gasteiger partial charge < -0.3 is 9.73 Å². The van der Waals surface area contributed by atoms with E-state index in [1.807, 2.05) is 6.07 Å². The summed E-state index contributed by atoms with van der Waals surface area (Å²) in [7, 11) is 0. The van der Waals surface area contributed by atoms with Crippen LogP contribution in [-0.4, -0.2) is 18.9 Å². The van der Waals surface area contributed by atoms with Crippen molar-refractivity contribution in [2.24, 2.45) is 11.8 Å². The predicted octanol–water partition coefficient (Wildman–Crippen LogP) is 1.25. The smallest absolute Gasteiger partial charge is 0.142 e. The van der Waals surface area contributed by atoms with E-state index in [1.165, 1.54) is 0 Å². The van der Waals surface area contributed by atoms with Gasteiger partial charge in [-0.1, -0.05) is 6.92 Å². The number of rotatable bonds is 3. The zero-order valence-corrected chi connectivity index (χ0v) is 8.32. The highest BCUT2D eigenvalue weighted by molar-refractivity contribution is 5.83. The van der Waals surface area contributed by atoms with Crippen LogP contribution in [-0.2, 0) is 11.2 Å². The first-order valence-corrected chi connectivity index (χ1v) is 5.02. The third-order valence-corrected chi connectivity index (χ3v) is 2.89. The third kappa shape index (κ3) is 1.87. The van der Waals surface area contributed by atoms with E-state index in [1.54, 1.807) is 12.5 Å². The Bertz CT molecular complexity index is 305. The molecule has 0 aliphatic carbocycles. The molecule has 0 saturated carbocycles. The lowest BCUT2D eigenvalue weighted by atomic mass is 9.91. The molecule has 1 aromatic rings. The van der Waals surface area contributed by atoms with E-state index in [9.17, 15) is 4.79 Å². The first-order valence-electron chi connectivity index (χ1n) is 5.02. The first-order chi connectivity index (χ1) is 6.77. The highest BCUT2D eigenvalue weighted by Crippen LogP contribution is 2.18. The molecule has 1 fully saturated rings. The molecule has 76 valence electrons. The third-order valence-electron chi connectivity index (χ3n) is 2.89. The van der Waals surface area contributed by atoms with Crippen LogP contribution < -0.4 is 5.32 Å². The van der Waals surface area contributed by atoms with Crippen molar-refractivity contribution >= 4 is 5.78 Å². The Hall–Kier alpha value is -1.09. The number of nitrogens with one attached hydrogen (secondary N) is 1. The molecule has 0 radical (unpaired) electrons. The summed E-state index contributed by atoms with van der Waals surface area (Å²) < 4.78 is 4.94. The number of Topliss-reactive ketones (excluding diaryl/α,β-unsaturated/α-hetero) is 1. The van der Waals surface area contributed by atoms with Gasteiger partial charge in [-0.25, -0.2) is 0 Å². The van der Waals surface area contributed by atoms with Gasteiger partial charge in [0.25, 0.3) is 0 Å². The van der Waals surface area contributed by atoms with E-state index in [0.717, 1.165) is 18.7 Å². The molecule has 0 aromatic carbocycles. The fourth-order valence-corrected chi connectivity index (χ4v) is 1.97. The molecular weight excluding hydrogens is 178 g/mol. The van der Waals surface area contributed by atoms with Gasteiger partial charge in [0.1, 0.15) is 5.78 Å². The quantitative estimate of drug-likeness (QED) is 0.785. The summed E-state index contributed by atoms with van der Waals surface area (Å²) in [5.74, 6) is 0.975. The summed E-state index contributed by atoms with van der Waals surface area (Å²) in [6, 6.07) is 1.85. The second kappa shape index (κ2) is 3.96. The fraction of sp³-hybridized carbons (Fsp3) is 0.545. The highest BCUT2D eigenvalue weighted by Gasteiger charge is 2.29. The molecule has 0 amide bonds. The predicted molar refractivity (Wildman–Crippen MR) is 52.9 cm³/mol. The van der Waals surface area contributed by atoms with Crippen molar-refractivity contribution in [3.63, 3.8) is 0 Å². The molecule has 14 heavy (non-hydrogen) atoms. The van der Waals surface area contributed by atoms with E-state index in [0.29, 0.717) is 18.1 Å². The molecule has 1 N–H and O–H groups in total. The molecule has 0 spiro atoms. The van der Waals surface area contributed by atoms with Crippen molar-refractivity contribution in [3.05, 3.63) is 24.2 Å². The number of carbonyl (C=O) groups excluding carboxylic acids is 1. The van der Waals surface area contributed by atoms with Gasteiger partial charge in [-0.05, 0) is 24.1 Å². The molecule has 1 aliphatic heterocycles. The average Bonchev–Trinajstić information content (AvgIpc) is 2.75. The Morgan fingerprint density at radius 2 is 2.50 bits per heavy atom. The molecule has 1 aliphatic rings. The zero-order valence-electron chi connectivity index (χ0n) is 8.32. The van der Waals surface area contributed by atoms with Crippen molar-refractivity contribution in [2.45, 2.75) is 13.3 Å². The Labute approximate surface area is 83.5 Å². The molecule has 1 saturated heterocycles. The average molecular weight is 193 g/mol. The summed E-state index contributed by atoms with van der Waals surface area (Å²) in [5.41, 5.74) is 0.981. The van der Waals surface area contributed by atoms with E-state index < -0.39 is 0 Å². The minimum Gasteiger partial charge on any atom is -0.472 e. The lowest BCUT2D eigenvalue weighted by molar-refractivity contribution is -0.122. The van der Waals surface area contributed by atoms with Crippen LogP contribution in [0.5, 0.6) is 0 Å². The summed E-state index contributed by atoms with van der Waals surface area (Å²) in [6.45, 7) is 3.91. The zero-order chi connectivity index (χ0) is 9.97. The Kier molecular flexibility index (Phi) is 2.68. The van der Waals surface area contributed by atoms with Gasteiger partial charge in [0.2, 0.25) is 0 Å². The van der Waals surface area contributed by atoms with Crippen molar-refractivity contribution in [1.29, 1.82) is 0 Å². The van der Waals surface area contributed by atoms with Gasteiger partial charge in [-0.3, -0.25) is 4.79 Å². The largest absolute Gasteiger partial charge is 0.472 e. The number of hydrogen-bond donors (Lipinski definition) is 1. The standard InChI is InChI=1S/C11H15NO2/c1-8-5-12-6-10(8)11(13)4-9-2-3-14-7-9/h2-3,7-8,10,12H,4-6H2,1H3. The summed E-state index contributed by atoms with van der Waals surface area (Å²) in [4.78, 5) is 11.8. The summed E-state index contributed by atoms with van der Waals surface area (Å²) in [5, 5.41) is 3.24. The Morgan fingerprint density at radius 3 is 3.07 bits per heavy atom.